The fourth-order valence-electron chi connectivity index (χ4n) is 1.43. The van der Waals surface area contributed by atoms with Crippen molar-refractivity contribution in [2.75, 3.05) is 0 Å². The standard InChI is InChI=1S/C9H14N2O3/c1-5-6(2)11(7(3)8(12)13)9(14)10(5)4/h7H,1-4H3,(H,12,13). The molecule has 5 heteroatoms. The molecule has 1 rings (SSSR count). The Morgan fingerprint density at radius 3 is 2.14 bits per heavy atom. The maximum Gasteiger partial charge on any atom is 0.329 e. The molecule has 0 aliphatic heterocycles. The van der Waals surface area contributed by atoms with Crippen molar-refractivity contribution in [3.63, 3.8) is 0 Å². The van der Waals surface area contributed by atoms with Gasteiger partial charge in [-0.05, 0) is 20.8 Å². The van der Waals surface area contributed by atoms with E-state index < -0.39 is 12.0 Å². The van der Waals surface area contributed by atoms with Crippen LogP contribution >= 0.6 is 0 Å². The normalized spacial score (nSPS) is 12.9. The molecule has 0 aliphatic carbocycles. The van der Waals surface area contributed by atoms with Gasteiger partial charge >= 0.3 is 11.7 Å². The number of aliphatic carboxylic acids is 1. The van der Waals surface area contributed by atoms with Crippen LogP contribution in [0.3, 0.4) is 0 Å². The monoisotopic (exact) mass is 198 g/mol. The molecule has 1 N–H and O–H groups in total. The second-order valence-electron chi connectivity index (χ2n) is 3.40. The number of carboxylic acid groups (broad SMARTS) is 1. The second-order valence-corrected chi connectivity index (χ2v) is 3.40. The molecule has 14 heavy (non-hydrogen) atoms. The minimum absolute atomic E-state index is 0.282. The number of hydrogen-bond acceptors (Lipinski definition) is 2. The molecule has 0 aliphatic rings. The summed E-state index contributed by atoms with van der Waals surface area (Å²) in [5, 5.41) is 8.82. The zero-order chi connectivity index (χ0) is 11.0. The van der Waals surface area contributed by atoms with Crippen LogP contribution in [0.5, 0.6) is 0 Å². The van der Waals surface area contributed by atoms with E-state index in [9.17, 15) is 9.59 Å². The lowest BCUT2D eigenvalue weighted by Gasteiger charge is -2.08. The van der Waals surface area contributed by atoms with Gasteiger partial charge < -0.3 is 5.11 Å². The number of rotatable bonds is 2. The van der Waals surface area contributed by atoms with E-state index in [1.165, 1.54) is 16.1 Å². The average molecular weight is 198 g/mol. The fraction of sp³-hybridized carbons (Fsp3) is 0.556. The van der Waals surface area contributed by atoms with E-state index in [0.29, 0.717) is 5.69 Å². The molecule has 0 spiro atoms. The predicted octanol–water partition coefficient (Wildman–Crippen LogP) is 0.449. The van der Waals surface area contributed by atoms with Gasteiger partial charge in [-0.25, -0.2) is 9.59 Å². The van der Waals surface area contributed by atoms with E-state index in [-0.39, 0.29) is 5.69 Å². The van der Waals surface area contributed by atoms with Crippen LogP contribution in [-0.2, 0) is 11.8 Å². The predicted molar refractivity (Wildman–Crippen MR) is 51.5 cm³/mol. The van der Waals surface area contributed by atoms with Gasteiger partial charge in [-0.3, -0.25) is 9.13 Å². The highest BCUT2D eigenvalue weighted by molar-refractivity contribution is 5.71. The summed E-state index contributed by atoms with van der Waals surface area (Å²) < 4.78 is 2.74. The summed E-state index contributed by atoms with van der Waals surface area (Å²) in [6.07, 6.45) is 0. The van der Waals surface area contributed by atoms with Crippen molar-refractivity contribution >= 4 is 5.97 Å². The van der Waals surface area contributed by atoms with Crippen LogP contribution in [0.1, 0.15) is 24.4 Å². The maximum absolute atomic E-state index is 11.6. The summed E-state index contributed by atoms with van der Waals surface area (Å²) in [5.74, 6) is -0.999. The molecule has 1 heterocycles. The molecule has 0 bridgehead atoms. The SMILES string of the molecule is Cc1c(C)n(C(C)C(=O)O)c(=O)n1C. The van der Waals surface area contributed by atoms with E-state index in [1.54, 1.807) is 20.9 Å². The molecule has 0 fully saturated rings. The van der Waals surface area contributed by atoms with Crippen molar-refractivity contribution in [3.05, 3.63) is 21.9 Å². The Bertz CT molecular complexity index is 428. The number of aromatic nitrogens is 2. The fourth-order valence-corrected chi connectivity index (χ4v) is 1.43. The molecule has 0 amide bonds. The van der Waals surface area contributed by atoms with Crippen LogP contribution < -0.4 is 5.69 Å². The Hall–Kier alpha value is -1.52. The van der Waals surface area contributed by atoms with E-state index in [4.69, 9.17) is 5.11 Å². The molecule has 0 aromatic carbocycles. The number of carbonyl (C=O) groups is 1. The smallest absolute Gasteiger partial charge is 0.329 e. The molecule has 78 valence electrons. The third-order valence-corrected chi connectivity index (χ3v) is 2.63. The van der Waals surface area contributed by atoms with Crippen molar-refractivity contribution in [1.29, 1.82) is 0 Å². The molecule has 0 saturated heterocycles. The van der Waals surface area contributed by atoms with Gasteiger partial charge in [0.05, 0.1) is 0 Å². The minimum atomic E-state index is -0.999. The van der Waals surface area contributed by atoms with Crippen molar-refractivity contribution in [2.24, 2.45) is 7.05 Å². The minimum Gasteiger partial charge on any atom is -0.480 e. The lowest BCUT2D eigenvalue weighted by Crippen LogP contribution is -2.29. The quantitative estimate of drug-likeness (QED) is 0.750. The van der Waals surface area contributed by atoms with Crippen LogP contribution in [-0.4, -0.2) is 20.2 Å². The van der Waals surface area contributed by atoms with E-state index in [0.717, 1.165) is 5.69 Å². The first-order chi connectivity index (χ1) is 6.37. The number of nitrogens with zero attached hydrogens (tertiary/aromatic N) is 2. The van der Waals surface area contributed by atoms with Gasteiger partial charge in [-0.1, -0.05) is 0 Å². The van der Waals surface area contributed by atoms with Crippen molar-refractivity contribution in [2.45, 2.75) is 26.8 Å². The summed E-state index contributed by atoms with van der Waals surface area (Å²) in [6.45, 7) is 5.04. The summed E-state index contributed by atoms with van der Waals surface area (Å²) in [4.78, 5) is 22.4. The van der Waals surface area contributed by atoms with Gasteiger partial charge in [0.2, 0.25) is 0 Å². The molecule has 5 nitrogen and oxygen atoms in total. The largest absolute Gasteiger partial charge is 0.480 e. The molecule has 0 radical (unpaired) electrons. The number of imidazole rings is 1. The van der Waals surface area contributed by atoms with Crippen LogP contribution in [0.15, 0.2) is 4.79 Å². The highest BCUT2D eigenvalue weighted by atomic mass is 16.4. The van der Waals surface area contributed by atoms with Gasteiger partial charge in [-0.15, -0.1) is 0 Å². The molecular formula is C9H14N2O3. The van der Waals surface area contributed by atoms with Gasteiger partial charge in [0.25, 0.3) is 0 Å². The lowest BCUT2D eigenvalue weighted by atomic mass is 10.3. The molecule has 1 aromatic heterocycles. The molecular weight excluding hydrogens is 184 g/mol. The van der Waals surface area contributed by atoms with Crippen LogP contribution in [0, 0.1) is 13.8 Å². The third kappa shape index (κ3) is 1.34. The Labute approximate surface area is 81.6 Å². The van der Waals surface area contributed by atoms with Crippen molar-refractivity contribution in [3.8, 4) is 0 Å². The van der Waals surface area contributed by atoms with Gasteiger partial charge in [0.15, 0.2) is 0 Å². The topological polar surface area (TPSA) is 64.2 Å². The van der Waals surface area contributed by atoms with E-state index >= 15 is 0 Å². The Morgan fingerprint density at radius 2 is 1.86 bits per heavy atom. The first kappa shape index (κ1) is 10.6. The highest BCUT2D eigenvalue weighted by Gasteiger charge is 2.20. The summed E-state index contributed by atoms with van der Waals surface area (Å²) in [7, 11) is 1.63. The average Bonchev–Trinajstić information content (AvgIpc) is 2.30. The Morgan fingerprint density at radius 1 is 1.36 bits per heavy atom. The van der Waals surface area contributed by atoms with Gasteiger partial charge in [-0.2, -0.15) is 0 Å². The van der Waals surface area contributed by atoms with E-state index in [1.807, 2.05) is 0 Å². The summed E-state index contributed by atoms with van der Waals surface area (Å²) in [6, 6.07) is -0.817. The van der Waals surface area contributed by atoms with Gasteiger partial charge in [0, 0.05) is 18.4 Å². The van der Waals surface area contributed by atoms with Crippen LogP contribution in [0.4, 0.5) is 0 Å². The Balaban J connectivity index is 3.43. The highest BCUT2D eigenvalue weighted by Crippen LogP contribution is 2.10. The lowest BCUT2D eigenvalue weighted by molar-refractivity contribution is -0.140. The third-order valence-electron chi connectivity index (χ3n) is 2.63. The summed E-state index contributed by atoms with van der Waals surface area (Å²) in [5.41, 5.74) is 1.21. The molecule has 1 aromatic rings. The first-order valence-corrected chi connectivity index (χ1v) is 4.35. The number of carboxylic acids is 1. The maximum atomic E-state index is 11.6. The Kier molecular flexibility index (Phi) is 2.51. The summed E-state index contributed by atoms with van der Waals surface area (Å²) >= 11 is 0. The van der Waals surface area contributed by atoms with Crippen molar-refractivity contribution in [1.82, 2.24) is 9.13 Å². The zero-order valence-corrected chi connectivity index (χ0v) is 8.74. The van der Waals surface area contributed by atoms with E-state index in [2.05, 4.69) is 0 Å². The van der Waals surface area contributed by atoms with Crippen LogP contribution in [0.2, 0.25) is 0 Å². The first-order valence-electron chi connectivity index (χ1n) is 4.35. The second kappa shape index (κ2) is 3.32. The van der Waals surface area contributed by atoms with Crippen molar-refractivity contribution < 1.29 is 9.90 Å². The zero-order valence-electron chi connectivity index (χ0n) is 8.74. The number of hydrogen-bond donors (Lipinski definition) is 1. The molecule has 0 saturated carbocycles. The van der Waals surface area contributed by atoms with Gasteiger partial charge in [0.1, 0.15) is 6.04 Å². The van der Waals surface area contributed by atoms with Crippen LogP contribution in [0.25, 0.3) is 0 Å². The molecule has 1 unspecified atom stereocenters. The molecule has 1 atom stereocenters.